The maximum atomic E-state index is 12.0. The van der Waals surface area contributed by atoms with Crippen LogP contribution in [0.5, 0.6) is 5.75 Å². The van der Waals surface area contributed by atoms with Gasteiger partial charge >= 0.3 is 0 Å². The molecule has 0 bridgehead atoms. The third-order valence-corrected chi connectivity index (χ3v) is 4.35. The molecule has 1 N–H and O–H groups in total. The summed E-state index contributed by atoms with van der Waals surface area (Å²) in [6, 6.07) is 15.5. The molecule has 0 fully saturated rings. The van der Waals surface area contributed by atoms with Gasteiger partial charge in [-0.25, -0.2) is 0 Å². The van der Waals surface area contributed by atoms with Gasteiger partial charge in [-0.3, -0.25) is 4.79 Å². The van der Waals surface area contributed by atoms with E-state index in [4.69, 9.17) is 9.26 Å². The highest BCUT2D eigenvalue weighted by molar-refractivity contribution is 5.75. The van der Waals surface area contributed by atoms with E-state index in [1.807, 2.05) is 55.5 Å². The van der Waals surface area contributed by atoms with E-state index in [1.165, 1.54) is 5.56 Å². The van der Waals surface area contributed by atoms with Gasteiger partial charge in [-0.2, -0.15) is 4.98 Å². The average Bonchev–Trinajstić information content (AvgIpc) is 3.16. The van der Waals surface area contributed by atoms with Gasteiger partial charge in [0.1, 0.15) is 5.75 Å². The average molecular weight is 365 g/mol. The first-order valence-corrected chi connectivity index (χ1v) is 8.94. The van der Waals surface area contributed by atoms with Crippen LogP contribution in [0.4, 0.5) is 0 Å². The number of benzene rings is 2. The molecule has 0 saturated carbocycles. The lowest BCUT2D eigenvalue weighted by Crippen LogP contribution is -2.22. The van der Waals surface area contributed by atoms with Crippen molar-refractivity contribution >= 4 is 5.91 Å². The summed E-state index contributed by atoms with van der Waals surface area (Å²) in [6.07, 6.45) is 1.65. The number of rotatable bonds is 8. The predicted molar refractivity (Wildman–Crippen MR) is 102 cm³/mol. The van der Waals surface area contributed by atoms with E-state index in [2.05, 4.69) is 15.5 Å². The minimum absolute atomic E-state index is 0.0214. The van der Waals surface area contributed by atoms with E-state index in [1.54, 1.807) is 7.11 Å². The first kappa shape index (κ1) is 18.6. The van der Waals surface area contributed by atoms with E-state index in [0.717, 1.165) is 16.9 Å². The van der Waals surface area contributed by atoms with Crippen LogP contribution in [0.1, 0.15) is 29.9 Å². The number of methoxy groups -OCH3 is 1. The SMILES string of the molecule is COc1ccc(-c2noc(CCCC(=O)NCc3ccccc3C)n2)cc1. The molecule has 0 atom stereocenters. The normalized spacial score (nSPS) is 10.6. The van der Waals surface area contributed by atoms with Gasteiger partial charge in [0.15, 0.2) is 0 Å². The number of nitrogens with zero attached hydrogens (tertiary/aromatic N) is 2. The molecule has 6 heteroatoms. The molecule has 27 heavy (non-hydrogen) atoms. The van der Waals surface area contributed by atoms with Crippen LogP contribution in [0.25, 0.3) is 11.4 Å². The minimum atomic E-state index is 0.0214. The number of carbonyl (C=O) groups is 1. The Hall–Kier alpha value is -3.15. The van der Waals surface area contributed by atoms with E-state index in [9.17, 15) is 4.79 Å². The number of hydrogen-bond acceptors (Lipinski definition) is 5. The molecule has 2 aromatic carbocycles. The number of hydrogen-bond donors (Lipinski definition) is 1. The molecule has 0 aliphatic rings. The Morgan fingerprint density at radius 2 is 1.93 bits per heavy atom. The van der Waals surface area contributed by atoms with E-state index >= 15 is 0 Å². The highest BCUT2D eigenvalue weighted by atomic mass is 16.5. The van der Waals surface area contributed by atoms with Crippen molar-refractivity contribution in [3.05, 3.63) is 65.5 Å². The lowest BCUT2D eigenvalue weighted by atomic mass is 10.1. The highest BCUT2D eigenvalue weighted by Gasteiger charge is 2.10. The molecule has 0 unspecified atom stereocenters. The summed E-state index contributed by atoms with van der Waals surface area (Å²) in [7, 11) is 1.62. The Kier molecular flexibility index (Phi) is 6.20. The molecule has 0 aliphatic carbocycles. The van der Waals surface area contributed by atoms with Gasteiger partial charge in [-0.15, -0.1) is 0 Å². The summed E-state index contributed by atoms with van der Waals surface area (Å²) >= 11 is 0. The van der Waals surface area contributed by atoms with E-state index in [0.29, 0.717) is 37.5 Å². The Bertz CT molecular complexity index is 888. The largest absolute Gasteiger partial charge is 0.497 e. The molecule has 140 valence electrons. The van der Waals surface area contributed by atoms with Crippen molar-refractivity contribution < 1.29 is 14.1 Å². The number of amides is 1. The lowest BCUT2D eigenvalue weighted by Gasteiger charge is -2.07. The second-order valence-electron chi connectivity index (χ2n) is 6.30. The monoisotopic (exact) mass is 365 g/mol. The molecule has 0 saturated heterocycles. The van der Waals surface area contributed by atoms with Crippen LogP contribution in [-0.4, -0.2) is 23.2 Å². The maximum Gasteiger partial charge on any atom is 0.226 e. The lowest BCUT2D eigenvalue weighted by molar-refractivity contribution is -0.121. The van der Waals surface area contributed by atoms with Crippen LogP contribution >= 0.6 is 0 Å². The number of nitrogens with one attached hydrogen (secondary N) is 1. The molecule has 1 amide bonds. The fraction of sp³-hybridized carbons (Fsp3) is 0.286. The summed E-state index contributed by atoms with van der Waals surface area (Å²) in [5.41, 5.74) is 3.17. The topological polar surface area (TPSA) is 77.2 Å². The Morgan fingerprint density at radius 3 is 2.67 bits per heavy atom. The van der Waals surface area contributed by atoms with Gasteiger partial charge in [0, 0.05) is 24.9 Å². The van der Waals surface area contributed by atoms with Gasteiger partial charge in [0.25, 0.3) is 0 Å². The number of aryl methyl sites for hydroxylation is 2. The minimum Gasteiger partial charge on any atom is -0.497 e. The summed E-state index contributed by atoms with van der Waals surface area (Å²) < 4.78 is 10.4. The first-order valence-electron chi connectivity index (χ1n) is 8.94. The van der Waals surface area contributed by atoms with Gasteiger partial charge in [0.05, 0.1) is 7.11 Å². The van der Waals surface area contributed by atoms with Crippen molar-refractivity contribution in [3.8, 4) is 17.1 Å². The molecule has 1 heterocycles. The Labute approximate surface area is 158 Å². The maximum absolute atomic E-state index is 12.0. The zero-order valence-electron chi connectivity index (χ0n) is 15.6. The van der Waals surface area contributed by atoms with Crippen molar-refractivity contribution in [2.75, 3.05) is 7.11 Å². The molecule has 0 aliphatic heterocycles. The number of carbonyl (C=O) groups excluding carboxylic acids is 1. The fourth-order valence-corrected chi connectivity index (χ4v) is 2.70. The van der Waals surface area contributed by atoms with Crippen LogP contribution in [0, 0.1) is 6.92 Å². The number of aromatic nitrogens is 2. The molecule has 3 aromatic rings. The van der Waals surface area contributed by atoms with Gasteiger partial charge < -0.3 is 14.6 Å². The molecule has 6 nitrogen and oxygen atoms in total. The van der Waals surface area contributed by atoms with Crippen LogP contribution in [-0.2, 0) is 17.8 Å². The molecule has 3 rings (SSSR count). The summed E-state index contributed by atoms with van der Waals surface area (Å²) in [5, 5.41) is 6.95. The van der Waals surface area contributed by atoms with E-state index in [-0.39, 0.29) is 5.91 Å². The molecular formula is C21H23N3O3. The molecule has 1 aromatic heterocycles. The first-order chi connectivity index (χ1) is 13.2. The summed E-state index contributed by atoms with van der Waals surface area (Å²) in [4.78, 5) is 16.4. The quantitative estimate of drug-likeness (QED) is 0.659. The third kappa shape index (κ3) is 5.17. The Balaban J connectivity index is 1.44. The van der Waals surface area contributed by atoms with Crippen LogP contribution in [0.2, 0.25) is 0 Å². The summed E-state index contributed by atoms with van der Waals surface area (Å²) in [6.45, 7) is 2.59. The zero-order valence-corrected chi connectivity index (χ0v) is 15.6. The highest BCUT2D eigenvalue weighted by Crippen LogP contribution is 2.20. The number of ether oxygens (including phenoxy) is 1. The van der Waals surface area contributed by atoms with Gasteiger partial charge in [0.2, 0.25) is 17.6 Å². The Morgan fingerprint density at radius 1 is 1.15 bits per heavy atom. The standard InChI is InChI=1S/C21H23N3O3/c1-15-6-3-4-7-17(15)14-22-19(25)8-5-9-20-23-21(24-27-20)16-10-12-18(26-2)13-11-16/h3-4,6-7,10-13H,5,8-9,14H2,1-2H3,(H,22,25). The van der Waals surface area contributed by atoms with Crippen LogP contribution < -0.4 is 10.1 Å². The van der Waals surface area contributed by atoms with E-state index < -0.39 is 0 Å². The van der Waals surface area contributed by atoms with Gasteiger partial charge in [-0.1, -0.05) is 29.4 Å². The zero-order chi connectivity index (χ0) is 19.1. The van der Waals surface area contributed by atoms with Gasteiger partial charge in [-0.05, 0) is 48.7 Å². The van der Waals surface area contributed by atoms with Crippen molar-refractivity contribution in [2.45, 2.75) is 32.7 Å². The molecular weight excluding hydrogens is 342 g/mol. The van der Waals surface area contributed by atoms with Crippen molar-refractivity contribution in [3.63, 3.8) is 0 Å². The molecule has 0 radical (unpaired) electrons. The van der Waals surface area contributed by atoms with Crippen molar-refractivity contribution in [2.24, 2.45) is 0 Å². The molecule has 0 spiro atoms. The summed E-state index contributed by atoms with van der Waals surface area (Å²) in [5.74, 6) is 1.87. The van der Waals surface area contributed by atoms with Crippen molar-refractivity contribution in [1.29, 1.82) is 0 Å². The van der Waals surface area contributed by atoms with Crippen LogP contribution in [0.3, 0.4) is 0 Å². The van der Waals surface area contributed by atoms with Crippen molar-refractivity contribution in [1.82, 2.24) is 15.5 Å². The third-order valence-electron chi connectivity index (χ3n) is 4.35. The second-order valence-corrected chi connectivity index (χ2v) is 6.30. The second kappa shape index (κ2) is 8.98. The fourth-order valence-electron chi connectivity index (χ4n) is 2.70. The smallest absolute Gasteiger partial charge is 0.226 e. The van der Waals surface area contributed by atoms with Crippen LogP contribution in [0.15, 0.2) is 53.1 Å². The predicted octanol–water partition coefficient (Wildman–Crippen LogP) is 3.69.